The van der Waals surface area contributed by atoms with Gasteiger partial charge < -0.3 is 5.32 Å². The summed E-state index contributed by atoms with van der Waals surface area (Å²) in [6.45, 7) is 6.32. The van der Waals surface area contributed by atoms with Crippen LogP contribution in [0.5, 0.6) is 0 Å². The van der Waals surface area contributed by atoms with Crippen molar-refractivity contribution >= 4 is 22.4 Å². The zero-order chi connectivity index (χ0) is 18.0. The number of rotatable bonds is 5. The first kappa shape index (κ1) is 19.2. The molecule has 136 valence electrons. The van der Waals surface area contributed by atoms with Gasteiger partial charge in [-0.3, -0.25) is 13.5 Å². The van der Waals surface area contributed by atoms with Crippen molar-refractivity contribution in [1.82, 2.24) is 4.31 Å². The van der Waals surface area contributed by atoms with Gasteiger partial charge in [-0.2, -0.15) is 0 Å². The molecule has 24 heavy (non-hydrogen) atoms. The number of halogens is 1. The average molecular weight is 358 g/mol. The number of nitrogens with zero attached hydrogens (tertiary/aromatic N) is 1. The molecular weight excluding hydrogens is 331 g/mol. The van der Waals surface area contributed by atoms with Gasteiger partial charge in [-0.1, -0.05) is 12.5 Å². The van der Waals surface area contributed by atoms with Gasteiger partial charge in [0, 0.05) is 19.0 Å². The fraction of sp³-hybridized carbons (Fsp3) is 0.588. The third-order valence-electron chi connectivity index (χ3n) is 4.38. The Balaban J connectivity index is 2.27. The van der Waals surface area contributed by atoms with Crippen LogP contribution in [0.4, 0.5) is 10.1 Å². The molecular formula is C17H27FN2O3S. The monoisotopic (exact) mass is 358 g/mol. The molecule has 1 aromatic carbocycles. The number of carbonyl (C=O) groups is 1. The smallest absolute Gasteiger partial charge is 0.221 e. The minimum Gasteiger partial charge on any atom is -0.324 e. The molecule has 1 unspecified atom stereocenters. The summed E-state index contributed by atoms with van der Waals surface area (Å²) < 4.78 is 32.6. The fourth-order valence-corrected chi connectivity index (χ4v) is 5.51. The first-order valence-corrected chi connectivity index (χ1v) is 9.75. The summed E-state index contributed by atoms with van der Waals surface area (Å²) in [4.78, 5) is 11.2. The van der Waals surface area contributed by atoms with E-state index in [0.29, 0.717) is 0 Å². The van der Waals surface area contributed by atoms with E-state index in [1.54, 1.807) is 12.1 Å². The normalized spacial score (nSPS) is 21.8. The first-order chi connectivity index (χ1) is 11.2. The van der Waals surface area contributed by atoms with Crippen LogP contribution in [0.3, 0.4) is 0 Å². The molecule has 1 aliphatic rings. The molecule has 2 rings (SSSR count). The van der Waals surface area contributed by atoms with E-state index in [9.17, 15) is 13.7 Å². The Morgan fingerprint density at radius 3 is 2.75 bits per heavy atom. The van der Waals surface area contributed by atoms with Crippen LogP contribution in [-0.2, 0) is 14.7 Å². The average Bonchev–Trinajstić information content (AvgIpc) is 2.49. The molecule has 1 fully saturated rings. The Kier molecular flexibility index (Phi) is 5.91. The second-order valence-corrected chi connectivity index (χ2v) is 9.06. The fourth-order valence-electron chi connectivity index (χ4n) is 3.16. The molecule has 1 aliphatic heterocycles. The zero-order valence-corrected chi connectivity index (χ0v) is 15.6. The van der Waals surface area contributed by atoms with E-state index in [0.717, 1.165) is 31.4 Å². The Bertz CT molecular complexity index is 611. The van der Waals surface area contributed by atoms with Crippen LogP contribution in [-0.4, -0.2) is 34.0 Å². The van der Waals surface area contributed by atoms with Gasteiger partial charge >= 0.3 is 0 Å². The third kappa shape index (κ3) is 4.27. The molecule has 0 radical (unpaired) electrons. The lowest BCUT2D eigenvalue weighted by Gasteiger charge is -2.55. The number of piperidine rings is 1. The highest BCUT2D eigenvalue weighted by atomic mass is 32.3. The molecule has 2 N–H and O–H groups in total. The molecule has 5 nitrogen and oxygen atoms in total. The number of benzene rings is 1. The predicted octanol–water partition coefficient (Wildman–Crippen LogP) is 4.30. The van der Waals surface area contributed by atoms with E-state index < -0.39 is 16.6 Å². The lowest BCUT2D eigenvalue weighted by molar-refractivity contribution is -0.114. The summed E-state index contributed by atoms with van der Waals surface area (Å²) in [5, 5.41) is 2.47. The topological polar surface area (TPSA) is 61.8 Å². The second kappa shape index (κ2) is 7.39. The first-order valence-electron chi connectivity index (χ1n) is 8.11. The van der Waals surface area contributed by atoms with Crippen molar-refractivity contribution in [2.75, 3.05) is 19.0 Å². The van der Waals surface area contributed by atoms with Gasteiger partial charge in [0.05, 0.1) is 18.6 Å². The SMILES string of the molecule is COS(O)(Cc1ccc(F)c(NC(C)=O)c1)N1CCCCC1(C)C. The van der Waals surface area contributed by atoms with Gasteiger partial charge in [-0.25, -0.2) is 8.70 Å². The molecule has 1 saturated heterocycles. The summed E-state index contributed by atoms with van der Waals surface area (Å²) in [5.74, 6) is -0.569. The summed E-state index contributed by atoms with van der Waals surface area (Å²) in [6, 6.07) is 4.48. The minimum absolute atomic E-state index is 0.121. The number of hydrogen-bond acceptors (Lipinski definition) is 4. The van der Waals surface area contributed by atoms with Gasteiger partial charge in [0.2, 0.25) is 5.91 Å². The van der Waals surface area contributed by atoms with E-state index in [-0.39, 0.29) is 22.9 Å². The van der Waals surface area contributed by atoms with Gasteiger partial charge in [-0.15, -0.1) is 10.8 Å². The maximum Gasteiger partial charge on any atom is 0.221 e. The van der Waals surface area contributed by atoms with Gasteiger partial charge in [-0.05, 0) is 44.4 Å². The summed E-state index contributed by atoms with van der Waals surface area (Å²) >= 11 is 0. The van der Waals surface area contributed by atoms with Crippen molar-refractivity contribution in [3.63, 3.8) is 0 Å². The highest BCUT2D eigenvalue weighted by molar-refractivity contribution is 8.22. The van der Waals surface area contributed by atoms with Gasteiger partial charge in [0.1, 0.15) is 5.82 Å². The quantitative estimate of drug-likeness (QED) is 0.824. The lowest BCUT2D eigenvalue weighted by atomic mass is 9.93. The van der Waals surface area contributed by atoms with Crippen molar-refractivity contribution in [2.45, 2.75) is 51.3 Å². The molecule has 1 aromatic rings. The molecule has 1 amide bonds. The Morgan fingerprint density at radius 2 is 2.17 bits per heavy atom. The molecule has 0 saturated carbocycles. The number of anilines is 1. The molecule has 0 aromatic heterocycles. The van der Waals surface area contributed by atoms with Crippen LogP contribution in [0.15, 0.2) is 18.2 Å². The van der Waals surface area contributed by atoms with E-state index in [1.807, 2.05) is 4.31 Å². The Labute approximate surface area is 145 Å². The molecule has 0 bridgehead atoms. The van der Waals surface area contributed by atoms with Crippen molar-refractivity contribution in [3.8, 4) is 0 Å². The number of carbonyl (C=O) groups excluding carboxylic acids is 1. The van der Waals surface area contributed by atoms with Crippen LogP contribution >= 0.6 is 10.8 Å². The number of nitrogens with one attached hydrogen (secondary N) is 1. The van der Waals surface area contributed by atoms with E-state index in [4.69, 9.17) is 4.18 Å². The van der Waals surface area contributed by atoms with Crippen LogP contribution in [0.25, 0.3) is 0 Å². The van der Waals surface area contributed by atoms with Crippen molar-refractivity contribution in [2.24, 2.45) is 0 Å². The summed E-state index contributed by atoms with van der Waals surface area (Å²) in [7, 11) is -0.987. The second-order valence-electron chi connectivity index (χ2n) is 6.78. The van der Waals surface area contributed by atoms with E-state index in [1.165, 1.54) is 20.1 Å². The lowest BCUT2D eigenvalue weighted by Crippen LogP contribution is -2.49. The standard InChI is InChI=1S/C17H27FN2O3S/c1-13(21)19-16-11-14(7-8-15(16)18)12-24(22,23-4)20-10-6-5-9-17(20,2)3/h7-8,11,22H,5-6,9-10,12H2,1-4H3,(H,19,21). The molecule has 1 heterocycles. The van der Waals surface area contributed by atoms with E-state index >= 15 is 0 Å². The Hall–Kier alpha value is -1.15. The van der Waals surface area contributed by atoms with Crippen LogP contribution in [0.1, 0.15) is 45.6 Å². The highest BCUT2D eigenvalue weighted by Crippen LogP contribution is 2.56. The van der Waals surface area contributed by atoms with Gasteiger partial charge in [0.25, 0.3) is 0 Å². The minimum atomic E-state index is -2.50. The van der Waals surface area contributed by atoms with Crippen molar-refractivity contribution < 1.29 is 17.9 Å². The number of hydrogen-bond donors (Lipinski definition) is 2. The third-order valence-corrected chi connectivity index (χ3v) is 6.99. The largest absolute Gasteiger partial charge is 0.324 e. The van der Waals surface area contributed by atoms with Crippen LogP contribution in [0.2, 0.25) is 0 Å². The predicted molar refractivity (Wildman–Crippen MR) is 96.3 cm³/mol. The maximum atomic E-state index is 13.8. The van der Waals surface area contributed by atoms with Crippen molar-refractivity contribution in [3.05, 3.63) is 29.6 Å². The van der Waals surface area contributed by atoms with Crippen LogP contribution in [0, 0.1) is 5.82 Å². The Morgan fingerprint density at radius 1 is 1.46 bits per heavy atom. The molecule has 7 heteroatoms. The van der Waals surface area contributed by atoms with Crippen LogP contribution < -0.4 is 5.32 Å². The van der Waals surface area contributed by atoms with Gasteiger partial charge in [0.15, 0.2) is 0 Å². The molecule has 0 spiro atoms. The highest BCUT2D eigenvalue weighted by Gasteiger charge is 2.39. The zero-order valence-electron chi connectivity index (χ0n) is 14.8. The molecule has 1 atom stereocenters. The maximum absolute atomic E-state index is 13.8. The number of amides is 1. The van der Waals surface area contributed by atoms with E-state index in [2.05, 4.69) is 19.2 Å². The van der Waals surface area contributed by atoms with Crippen molar-refractivity contribution in [1.29, 1.82) is 0 Å². The summed E-state index contributed by atoms with van der Waals surface area (Å²) in [6.07, 6.45) is 3.14. The summed E-state index contributed by atoms with van der Waals surface area (Å²) in [5.41, 5.74) is 0.690. The molecule has 0 aliphatic carbocycles.